The maximum atomic E-state index is 13.2. The Kier molecular flexibility index (Phi) is 8.36. The molecule has 0 aliphatic carbocycles. The van der Waals surface area contributed by atoms with Crippen LogP contribution in [0.4, 0.5) is 18.9 Å². The molecular weight excluding hydrogens is 510 g/mol. The van der Waals surface area contributed by atoms with Gasteiger partial charge in [-0.05, 0) is 36.6 Å². The van der Waals surface area contributed by atoms with Crippen molar-refractivity contribution in [2.24, 2.45) is 10.7 Å². The zero-order valence-electron chi connectivity index (χ0n) is 16.5. The van der Waals surface area contributed by atoms with Gasteiger partial charge in [-0.3, -0.25) is 4.99 Å². The second-order valence-corrected chi connectivity index (χ2v) is 7.00. The Morgan fingerprint density at radius 2 is 1.87 bits per heavy atom. The number of methoxy groups -OCH3 is 1. The van der Waals surface area contributed by atoms with Gasteiger partial charge in [-0.15, -0.1) is 24.0 Å². The fraction of sp³-hybridized carbons (Fsp3) is 0.381. The third-order valence-electron chi connectivity index (χ3n) is 5.17. The Balaban J connectivity index is 0.00000320. The molecule has 1 saturated heterocycles. The number of guanidine groups is 1. The minimum Gasteiger partial charge on any atom is -0.495 e. The van der Waals surface area contributed by atoms with E-state index in [9.17, 15) is 13.2 Å². The highest BCUT2D eigenvalue weighted by molar-refractivity contribution is 14.0. The molecule has 3 N–H and O–H groups in total. The molecule has 0 radical (unpaired) electrons. The maximum Gasteiger partial charge on any atom is 0.416 e. The van der Waals surface area contributed by atoms with Gasteiger partial charge < -0.3 is 20.5 Å². The first-order valence-electron chi connectivity index (χ1n) is 9.29. The lowest BCUT2D eigenvalue weighted by atomic mass is 9.74. The van der Waals surface area contributed by atoms with Crippen LogP contribution in [0.15, 0.2) is 53.5 Å². The number of benzene rings is 2. The van der Waals surface area contributed by atoms with Crippen molar-refractivity contribution in [1.82, 2.24) is 0 Å². The lowest BCUT2D eigenvalue weighted by molar-refractivity contribution is -0.137. The van der Waals surface area contributed by atoms with Crippen LogP contribution >= 0.6 is 24.0 Å². The van der Waals surface area contributed by atoms with E-state index < -0.39 is 17.2 Å². The molecule has 0 aromatic heterocycles. The van der Waals surface area contributed by atoms with Crippen LogP contribution in [0.1, 0.15) is 24.0 Å². The molecule has 1 heterocycles. The van der Waals surface area contributed by atoms with Crippen LogP contribution < -0.4 is 15.8 Å². The van der Waals surface area contributed by atoms with E-state index in [0.717, 1.165) is 6.07 Å². The largest absolute Gasteiger partial charge is 0.495 e. The summed E-state index contributed by atoms with van der Waals surface area (Å²) >= 11 is 0. The molecule has 30 heavy (non-hydrogen) atoms. The van der Waals surface area contributed by atoms with Crippen molar-refractivity contribution < 1.29 is 22.6 Å². The van der Waals surface area contributed by atoms with E-state index in [0.29, 0.717) is 43.1 Å². The first-order chi connectivity index (χ1) is 13.8. The highest BCUT2D eigenvalue weighted by Gasteiger charge is 2.37. The molecule has 2 aromatic rings. The zero-order valence-corrected chi connectivity index (χ0v) is 18.9. The lowest BCUT2D eigenvalue weighted by Crippen LogP contribution is -2.38. The van der Waals surface area contributed by atoms with Crippen LogP contribution in [-0.4, -0.2) is 32.8 Å². The number of nitrogens with two attached hydrogens (primary N) is 1. The Bertz CT molecular complexity index is 869. The van der Waals surface area contributed by atoms with Crippen LogP contribution in [0.2, 0.25) is 0 Å². The summed E-state index contributed by atoms with van der Waals surface area (Å²) in [6.45, 7) is 1.18. The number of ether oxygens (including phenoxy) is 2. The number of aliphatic imine (C=N–C) groups is 1. The predicted molar refractivity (Wildman–Crippen MR) is 122 cm³/mol. The van der Waals surface area contributed by atoms with Gasteiger partial charge in [-0.1, -0.05) is 30.3 Å². The van der Waals surface area contributed by atoms with Crippen molar-refractivity contribution in [2.45, 2.75) is 24.4 Å². The average molecular weight is 535 g/mol. The van der Waals surface area contributed by atoms with Crippen molar-refractivity contribution in [2.75, 3.05) is 32.2 Å². The fourth-order valence-electron chi connectivity index (χ4n) is 3.49. The molecule has 3 rings (SSSR count). The topological polar surface area (TPSA) is 68.9 Å². The lowest BCUT2D eigenvalue weighted by Gasteiger charge is -2.37. The number of halogens is 4. The molecule has 5 nitrogen and oxygen atoms in total. The molecule has 9 heteroatoms. The monoisotopic (exact) mass is 535 g/mol. The number of para-hydroxylation sites is 2. The van der Waals surface area contributed by atoms with E-state index >= 15 is 0 Å². The highest BCUT2D eigenvalue weighted by atomic mass is 127. The van der Waals surface area contributed by atoms with Gasteiger partial charge in [-0.25, -0.2) is 0 Å². The number of alkyl halides is 3. The first kappa shape index (κ1) is 24.3. The number of hydrogen-bond donors (Lipinski definition) is 2. The number of anilines is 1. The van der Waals surface area contributed by atoms with Gasteiger partial charge in [0.2, 0.25) is 0 Å². The highest BCUT2D eigenvalue weighted by Crippen LogP contribution is 2.38. The van der Waals surface area contributed by atoms with Gasteiger partial charge >= 0.3 is 6.18 Å². The summed E-state index contributed by atoms with van der Waals surface area (Å²) in [5.41, 5.74) is 6.09. The second-order valence-electron chi connectivity index (χ2n) is 7.00. The van der Waals surface area contributed by atoms with E-state index in [1.807, 2.05) is 12.1 Å². The van der Waals surface area contributed by atoms with Crippen LogP contribution in [0.25, 0.3) is 0 Å². The number of nitrogens with one attached hydrogen (secondary N) is 1. The Hall–Kier alpha value is -2.01. The summed E-state index contributed by atoms with van der Waals surface area (Å²) in [7, 11) is 1.55. The predicted octanol–water partition coefficient (Wildman–Crippen LogP) is 4.81. The van der Waals surface area contributed by atoms with E-state index in [4.69, 9.17) is 15.2 Å². The van der Waals surface area contributed by atoms with E-state index in [2.05, 4.69) is 10.3 Å². The maximum absolute atomic E-state index is 13.2. The average Bonchev–Trinajstić information content (AvgIpc) is 2.73. The molecule has 1 fully saturated rings. The number of rotatable bonds is 5. The van der Waals surface area contributed by atoms with Crippen LogP contribution in [0, 0.1) is 0 Å². The van der Waals surface area contributed by atoms with Crippen LogP contribution in [-0.2, 0) is 16.3 Å². The smallest absolute Gasteiger partial charge is 0.416 e. The molecule has 0 atom stereocenters. The Morgan fingerprint density at radius 1 is 1.17 bits per heavy atom. The van der Waals surface area contributed by atoms with Crippen LogP contribution in [0.3, 0.4) is 0 Å². The quantitative estimate of drug-likeness (QED) is 0.328. The number of hydrogen-bond acceptors (Lipinski definition) is 3. The molecule has 164 valence electrons. The summed E-state index contributed by atoms with van der Waals surface area (Å²) in [4.78, 5) is 4.45. The number of nitrogens with zero attached hydrogens (tertiary/aromatic N) is 1. The minimum atomic E-state index is -4.39. The van der Waals surface area contributed by atoms with Crippen LogP contribution in [0.5, 0.6) is 5.75 Å². The standard InChI is InChI=1S/C21H24F3N3O2.HI/c1-28-18-8-3-2-7-17(18)27-19(25)26-14-20(9-11-29-12-10-20)15-5-4-6-16(13-15)21(22,23)24;/h2-8,13H,9-12,14H2,1H3,(H3,25,26,27);1H. The summed E-state index contributed by atoms with van der Waals surface area (Å²) in [6.07, 6.45) is -3.25. The van der Waals surface area contributed by atoms with Crippen molar-refractivity contribution >= 4 is 35.6 Å². The fourth-order valence-corrected chi connectivity index (χ4v) is 3.49. The zero-order chi connectivity index (χ0) is 20.9. The van der Waals surface area contributed by atoms with Gasteiger partial charge in [0.25, 0.3) is 0 Å². The first-order valence-corrected chi connectivity index (χ1v) is 9.29. The molecular formula is C21H25F3IN3O2. The van der Waals surface area contributed by atoms with Crippen molar-refractivity contribution in [1.29, 1.82) is 0 Å². The Labute approximate surface area is 190 Å². The summed E-state index contributed by atoms with van der Waals surface area (Å²) in [6, 6.07) is 12.7. The molecule has 0 unspecified atom stereocenters. The molecule has 1 aliphatic heterocycles. The van der Waals surface area contributed by atoms with Gasteiger partial charge in [0.1, 0.15) is 5.75 Å². The van der Waals surface area contributed by atoms with Crippen molar-refractivity contribution in [3.05, 3.63) is 59.7 Å². The van der Waals surface area contributed by atoms with Gasteiger partial charge in [0, 0.05) is 18.6 Å². The van der Waals surface area contributed by atoms with E-state index in [-0.39, 0.29) is 36.5 Å². The minimum absolute atomic E-state index is 0. The Morgan fingerprint density at radius 3 is 2.53 bits per heavy atom. The second kappa shape index (κ2) is 10.3. The third-order valence-corrected chi connectivity index (χ3v) is 5.17. The van der Waals surface area contributed by atoms with Crippen molar-refractivity contribution in [3.8, 4) is 5.75 Å². The summed E-state index contributed by atoms with van der Waals surface area (Å²) < 4.78 is 50.3. The summed E-state index contributed by atoms with van der Waals surface area (Å²) in [5, 5.41) is 3.00. The van der Waals surface area contributed by atoms with E-state index in [1.54, 1.807) is 25.3 Å². The van der Waals surface area contributed by atoms with Gasteiger partial charge in [-0.2, -0.15) is 13.2 Å². The molecule has 0 amide bonds. The molecule has 1 aliphatic rings. The summed E-state index contributed by atoms with van der Waals surface area (Å²) in [5.74, 6) is 0.789. The molecule has 0 saturated carbocycles. The van der Waals surface area contributed by atoms with Crippen molar-refractivity contribution in [3.63, 3.8) is 0 Å². The molecule has 0 spiro atoms. The van der Waals surface area contributed by atoms with Gasteiger partial charge in [0.05, 0.1) is 24.9 Å². The van der Waals surface area contributed by atoms with E-state index in [1.165, 1.54) is 12.1 Å². The SMILES string of the molecule is COc1ccccc1NC(N)=NCC1(c2cccc(C(F)(F)F)c2)CCOCC1.I. The van der Waals surface area contributed by atoms with Gasteiger partial charge in [0.15, 0.2) is 5.96 Å². The molecule has 0 bridgehead atoms. The third kappa shape index (κ3) is 5.78. The normalized spacial score (nSPS) is 16.5. The molecule has 2 aromatic carbocycles.